The van der Waals surface area contributed by atoms with Gasteiger partial charge < -0.3 is 0 Å². The summed E-state index contributed by atoms with van der Waals surface area (Å²) >= 11 is 0. The van der Waals surface area contributed by atoms with Gasteiger partial charge in [0.1, 0.15) is 17.5 Å². The molecule has 4 heteroatoms. The van der Waals surface area contributed by atoms with E-state index in [-0.39, 0.29) is 21.7 Å². The molecule has 52 valence electrons. The molecule has 1 aromatic rings. The fourth-order valence-electron chi connectivity index (χ4n) is 0.520. The van der Waals surface area contributed by atoms with E-state index < -0.39 is 17.5 Å². The normalized spacial score (nSPS) is 8.70. The molecule has 0 atom stereocenters. The van der Waals surface area contributed by atoms with Crippen LogP contribution >= 0.6 is 0 Å². The Kier molecular flexibility index (Phi) is 3.68. The van der Waals surface area contributed by atoms with Gasteiger partial charge in [0.05, 0.1) is 0 Å². The quantitative estimate of drug-likeness (QED) is 0.536. The van der Waals surface area contributed by atoms with Gasteiger partial charge in [-0.1, -0.05) is 0 Å². The Labute approximate surface area is 70.9 Å². The van der Waals surface area contributed by atoms with Gasteiger partial charge in [-0.15, -0.1) is 0 Å². The second-order valence-corrected chi connectivity index (χ2v) is 1.59. The molecule has 0 saturated heterocycles. The van der Waals surface area contributed by atoms with Gasteiger partial charge in [-0.2, -0.15) is 0 Å². The van der Waals surface area contributed by atoms with Crippen LogP contribution in [0.2, 0.25) is 0 Å². The van der Waals surface area contributed by atoms with Crippen molar-refractivity contribution in [2.45, 2.75) is 0 Å². The molecular formula is C6H3F3Ti. The Morgan fingerprint density at radius 2 is 0.900 bits per heavy atom. The van der Waals surface area contributed by atoms with E-state index in [2.05, 4.69) is 0 Å². The van der Waals surface area contributed by atoms with E-state index in [0.29, 0.717) is 18.2 Å². The van der Waals surface area contributed by atoms with Gasteiger partial charge in [0.15, 0.2) is 0 Å². The van der Waals surface area contributed by atoms with Gasteiger partial charge in [0.2, 0.25) is 0 Å². The summed E-state index contributed by atoms with van der Waals surface area (Å²) in [7, 11) is 0. The number of rotatable bonds is 0. The van der Waals surface area contributed by atoms with Crippen LogP contribution < -0.4 is 0 Å². The molecule has 0 radical (unpaired) electrons. The molecule has 10 heavy (non-hydrogen) atoms. The zero-order valence-corrected chi connectivity index (χ0v) is 6.43. The predicted molar refractivity (Wildman–Crippen MR) is 26.3 cm³/mol. The molecule has 0 N–H and O–H groups in total. The van der Waals surface area contributed by atoms with Gasteiger partial charge in [-0.3, -0.25) is 0 Å². The van der Waals surface area contributed by atoms with Gasteiger partial charge in [0, 0.05) is 39.9 Å². The first kappa shape index (κ1) is 9.72. The Bertz CT molecular complexity index is 174. The largest absolute Gasteiger partial charge is 0.207 e. The summed E-state index contributed by atoms with van der Waals surface area (Å²) in [6, 6.07) is 1.84. The van der Waals surface area contributed by atoms with Crippen molar-refractivity contribution in [1.29, 1.82) is 0 Å². The topological polar surface area (TPSA) is 0 Å². The monoisotopic (exact) mass is 180 g/mol. The summed E-state index contributed by atoms with van der Waals surface area (Å²) in [5.74, 6) is -2.69. The molecule has 0 fully saturated rings. The first-order valence-electron chi connectivity index (χ1n) is 2.30. The third kappa shape index (κ3) is 2.54. The SMILES string of the molecule is Fc1cc(F)cc(F)c1.[Ti]. The third-order valence-electron chi connectivity index (χ3n) is 0.827. The standard InChI is InChI=1S/C6H3F3.Ti/c7-4-1-5(8)3-6(9)2-4;/h1-3H;. The van der Waals surface area contributed by atoms with Crippen LogP contribution in [0.5, 0.6) is 0 Å². The van der Waals surface area contributed by atoms with Gasteiger partial charge >= 0.3 is 0 Å². The van der Waals surface area contributed by atoms with Crippen molar-refractivity contribution in [1.82, 2.24) is 0 Å². The molecule has 1 rings (SSSR count). The molecule has 0 nitrogen and oxygen atoms in total. The molecule has 0 bridgehead atoms. The van der Waals surface area contributed by atoms with Crippen molar-refractivity contribution >= 4 is 0 Å². The van der Waals surface area contributed by atoms with E-state index in [1.807, 2.05) is 0 Å². The predicted octanol–water partition coefficient (Wildman–Crippen LogP) is 2.10. The number of benzene rings is 1. The molecule has 0 unspecified atom stereocenters. The summed E-state index contributed by atoms with van der Waals surface area (Å²) in [5, 5.41) is 0. The van der Waals surface area contributed by atoms with Crippen LogP contribution in [0.4, 0.5) is 13.2 Å². The summed E-state index contributed by atoms with van der Waals surface area (Å²) in [6.07, 6.45) is 0. The number of halogens is 3. The Morgan fingerprint density at radius 1 is 0.700 bits per heavy atom. The van der Waals surface area contributed by atoms with Crippen molar-refractivity contribution in [3.63, 3.8) is 0 Å². The molecule has 0 aliphatic rings. The first-order chi connectivity index (χ1) is 4.18. The maximum absolute atomic E-state index is 11.9. The summed E-state index contributed by atoms with van der Waals surface area (Å²) in [4.78, 5) is 0. The second kappa shape index (κ2) is 3.79. The van der Waals surface area contributed by atoms with Crippen LogP contribution in [-0.4, -0.2) is 0 Å². The van der Waals surface area contributed by atoms with Gasteiger partial charge in [-0.25, -0.2) is 13.2 Å². The number of hydrogen-bond acceptors (Lipinski definition) is 0. The van der Waals surface area contributed by atoms with Crippen molar-refractivity contribution in [2.24, 2.45) is 0 Å². The van der Waals surface area contributed by atoms with Crippen LogP contribution in [-0.2, 0) is 21.7 Å². The maximum atomic E-state index is 11.9. The minimum Gasteiger partial charge on any atom is -0.207 e. The molecule has 0 aromatic heterocycles. The third-order valence-corrected chi connectivity index (χ3v) is 0.827. The summed E-state index contributed by atoms with van der Waals surface area (Å²) in [5.41, 5.74) is 0. The van der Waals surface area contributed by atoms with E-state index in [9.17, 15) is 13.2 Å². The molecule has 0 aliphatic heterocycles. The second-order valence-electron chi connectivity index (χ2n) is 1.59. The average Bonchev–Trinajstić information content (AvgIpc) is 1.59. The molecule has 0 heterocycles. The molecule has 0 saturated carbocycles. The Hall–Kier alpha value is -0.276. The van der Waals surface area contributed by atoms with E-state index in [0.717, 1.165) is 0 Å². The van der Waals surface area contributed by atoms with Gasteiger partial charge in [0.25, 0.3) is 0 Å². The zero-order valence-electron chi connectivity index (χ0n) is 4.87. The van der Waals surface area contributed by atoms with Crippen molar-refractivity contribution in [3.05, 3.63) is 35.7 Å². The van der Waals surface area contributed by atoms with Gasteiger partial charge in [-0.05, 0) is 0 Å². The molecule has 1 aromatic carbocycles. The van der Waals surface area contributed by atoms with E-state index in [1.54, 1.807) is 0 Å². The Balaban J connectivity index is 0.000000810. The molecular weight excluding hydrogens is 177 g/mol. The first-order valence-corrected chi connectivity index (χ1v) is 2.30. The van der Waals surface area contributed by atoms with Crippen LogP contribution in [0.15, 0.2) is 18.2 Å². The van der Waals surface area contributed by atoms with Crippen molar-refractivity contribution in [3.8, 4) is 0 Å². The molecule has 0 spiro atoms. The minimum atomic E-state index is -0.896. The average molecular weight is 180 g/mol. The van der Waals surface area contributed by atoms with E-state index >= 15 is 0 Å². The molecule has 0 aliphatic carbocycles. The zero-order chi connectivity index (χ0) is 6.85. The summed E-state index contributed by atoms with van der Waals surface area (Å²) in [6.45, 7) is 0. The van der Waals surface area contributed by atoms with Crippen molar-refractivity contribution in [2.75, 3.05) is 0 Å². The van der Waals surface area contributed by atoms with Crippen molar-refractivity contribution < 1.29 is 34.9 Å². The van der Waals surface area contributed by atoms with E-state index in [4.69, 9.17) is 0 Å². The van der Waals surface area contributed by atoms with Crippen LogP contribution in [0.25, 0.3) is 0 Å². The van der Waals surface area contributed by atoms with Crippen LogP contribution in [0, 0.1) is 17.5 Å². The fourth-order valence-corrected chi connectivity index (χ4v) is 0.520. The summed E-state index contributed by atoms with van der Waals surface area (Å²) < 4.78 is 35.8. The maximum Gasteiger partial charge on any atom is 0.129 e. The minimum absolute atomic E-state index is 0. The van der Waals surface area contributed by atoms with E-state index in [1.165, 1.54) is 0 Å². The Morgan fingerprint density at radius 3 is 1.10 bits per heavy atom. The van der Waals surface area contributed by atoms with Crippen LogP contribution in [0.3, 0.4) is 0 Å². The fraction of sp³-hybridized carbons (Fsp3) is 0. The molecule has 0 amide bonds. The number of hydrogen-bond donors (Lipinski definition) is 0. The smallest absolute Gasteiger partial charge is 0.129 e. The van der Waals surface area contributed by atoms with Crippen LogP contribution in [0.1, 0.15) is 0 Å².